The summed E-state index contributed by atoms with van der Waals surface area (Å²) in [4.78, 5) is 9.39. The van der Waals surface area contributed by atoms with E-state index in [1.54, 1.807) is 0 Å². The van der Waals surface area contributed by atoms with Gasteiger partial charge in [-0.25, -0.2) is 10.8 Å². The number of anilines is 1. The molecule has 0 bridgehead atoms. The largest absolute Gasteiger partial charge is 0.438 e. The van der Waals surface area contributed by atoms with Crippen LogP contribution in [0.15, 0.2) is 34.1 Å². The Balaban J connectivity index is 2.09. The highest BCUT2D eigenvalue weighted by Crippen LogP contribution is 2.33. The Morgan fingerprint density at radius 1 is 1.30 bits per heavy atom. The van der Waals surface area contributed by atoms with Crippen molar-refractivity contribution in [2.45, 2.75) is 6.92 Å². The minimum Gasteiger partial charge on any atom is -0.438 e. The van der Waals surface area contributed by atoms with Gasteiger partial charge in [-0.1, -0.05) is 22.0 Å². The fraction of sp³-hybridized carbons (Fsp3) is 0.0769. The lowest BCUT2D eigenvalue weighted by Crippen LogP contribution is -2.10. The molecule has 3 N–H and O–H groups in total. The van der Waals surface area contributed by atoms with E-state index in [2.05, 4.69) is 31.3 Å². The number of nitrogen functional groups attached to an aromatic ring is 1. The van der Waals surface area contributed by atoms with E-state index in [-0.39, 0.29) is 0 Å². The van der Waals surface area contributed by atoms with E-state index >= 15 is 0 Å². The molecule has 2 heterocycles. The third-order valence-corrected chi connectivity index (χ3v) is 4.08. The summed E-state index contributed by atoms with van der Waals surface area (Å²) in [7, 11) is 0. The molecule has 3 aromatic rings. The van der Waals surface area contributed by atoms with E-state index in [0.717, 1.165) is 26.0 Å². The van der Waals surface area contributed by atoms with Gasteiger partial charge >= 0.3 is 0 Å². The minimum absolute atomic E-state index is 0.336. The monoisotopic (exact) mass is 350 g/mol. The van der Waals surface area contributed by atoms with Gasteiger partial charge in [0.15, 0.2) is 0 Å². The molecule has 0 aliphatic rings. The third kappa shape index (κ3) is 2.47. The lowest BCUT2D eigenvalue weighted by atomic mass is 10.2. The number of aromatic nitrogens is 2. The van der Waals surface area contributed by atoms with Gasteiger partial charge in [0.25, 0.3) is 0 Å². The fourth-order valence-electron chi connectivity index (χ4n) is 1.76. The lowest BCUT2D eigenvalue weighted by Gasteiger charge is -2.10. The first-order valence-corrected chi connectivity index (χ1v) is 7.50. The second-order valence-corrected chi connectivity index (χ2v) is 5.96. The molecule has 2 aromatic heterocycles. The first-order chi connectivity index (χ1) is 9.67. The van der Waals surface area contributed by atoms with E-state index in [9.17, 15) is 0 Å². The number of benzene rings is 1. The van der Waals surface area contributed by atoms with Crippen LogP contribution in [0.5, 0.6) is 11.6 Å². The predicted octanol–water partition coefficient (Wildman–Crippen LogP) is 3.84. The van der Waals surface area contributed by atoms with Crippen molar-refractivity contribution >= 4 is 43.4 Å². The predicted molar refractivity (Wildman–Crippen MR) is 84.2 cm³/mol. The summed E-state index contributed by atoms with van der Waals surface area (Å²) in [5.41, 5.74) is 3.48. The van der Waals surface area contributed by atoms with Crippen molar-refractivity contribution < 1.29 is 4.74 Å². The first-order valence-electron chi connectivity index (χ1n) is 5.83. The zero-order chi connectivity index (χ0) is 14.1. The number of rotatable bonds is 3. The number of halogens is 1. The molecule has 0 aliphatic heterocycles. The average molecular weight is 351 g/mol. The topological polar surface area (TPSA) is 73.1 Å². The summed E-state index contributed by atoms with van der Waals surface area (Å²) < 4.78 is 6.88. The van der Waals surface area contributed by atoms with E-state index < -0.39 is 0 Å². The molecule has 0 fully saturated rings. The number of nitrogens with zero attached hydrogens (tertiary/aromatic N) is 2. The van der Waals surface area contributed by atoms with Crippen LogP contribution in [0.25, 0.3) is 10.2 Å². The zero-order valence-corrected chi connectivity index (χ0v) is 13.0. The molecule has 0 unspecified atom stereocenters. The maximum Gasteiger partial charge on any atom is 0.241 e. The van der Waals surface area contributed by atoms with Gasteiger partial charge in [-0.15, -0.1) is 11.3 Å². The molecule has 0 saturated carbocycles. The molecule has 20 heavy (non-hydrogen) atoms. The number of hydrogen-bond acceptors (Lipinski definition) is 6. The molecule has 0 saturated heterocycles. The van der Waals surface area contributed by atoms with E-state index in [1.807, 2.05) is 36.6 Å². The molecule has 0 radical (unpaired) electrons. The number of nitrogens with one attached hydrogen (secondary N) is 1. The van der Waals surface area contributed by atoms with Gasteiger partial charge < -0.3 is 4.74 Å². The van der Waals surface area contributed by atoms with Crippen LogP contribution < -0.4 is 16.0 Å². The highest BCUT2D eigenvalue weighted by molar-refractivity contribution is 9.10. The van der Waals surface area contributed by atoms with Gasteiger partial charge in [0.05, 0.1) is 5.39 Å². The highest BCUT2D eigenvalue weighted by Gasteiger charge is 2.12. The number of aryl methyl sites for hydroxylation is 1. The molecule has 5 nitrogen and oxygen atoms in total. The van der Waals surface area contributed by atoms with Crippen molar-refractivity contribution in [2.24, 2.45) is 5.84 Å². The summed E-state index contributed by atoms with van der Waals surface area (Å²) in [5, 5.41) is 2.81. The van der Waals surface area contributed by atoms with Crippen molar-refractivity contribution in [3.05, 3.63) is 39.7 Å². The van der Waals surface area contributed by atoms with Crippen molar-refractivity contribution in [3.63, 3.8) is 0 Å². The second-order valence-electron chi connectivity index (χ2n) is 4.15. The van der Waals surface area contributed by atoms with E-state index in [4.69, 9.17) is 10.6 Å². The van der Waals surface area contributed by atoms with Crippen LogP contribution >= 0.6 is 27.3 Å². The van der Waals surface area contributed by atoms with E-state index in [0.29, 0.717) is 11.8 Å². The number of hydrazine groups is 1. The SMILES string of the molecule is Cc1ccc(Br)cc1Oc1nc(NN)nc2sccc12. The maximum atomic E-state index is 5.93. The smallest absolute Gasteiger partial charge is 0.241 e. The van der Waals surface area contributed by atoms with Crippen LogP contribution in [0, 0.1) is 6.92 Å². The lowest BCUT2D eigenvalue weighted by molar-refractivity contribution is 0.465. The molecule has 0 atom stereocenters. The average Bonchev–Trinajstić information content (AvgIpc) is 2.91. The van der Waals surface area contributed by atoms with Crippen LogP contribution in [0.2, 0.25) is 0 Å². The van der Waals surface area contributed by atoms with Crippen LogP contribution in [0.1, 0.15) is 5.56 Å². The van der Waals surface area contributed by atoms with Crippen LogP contribution in [0.4, 0.5) is 5.95 Å². The Kier molecular flexibility index (Phi) is 3.56. The Morgan fingerprint density at radius 2 is 2.15 bits per heavy atom. The highest BCUT2D eigenvalue weighted by atomic mass is 79.9. The summed E-state index contributed by atoms with van der Waals surface area (Å²) in [6.07, 6.45) is 0. The normalized spacial score (nSPS) is 10.8. The number of fused-ring (bicyclic) bond motifs is 1. The van der Waals surface area contributed by atoms with E-state index in [1.165, 1.54) is 11.3 Å². The van der Waals surface area contributed by atoms with Gasteiger partial charge in [0.2, 0.25) is 11.8 Å². The first kappa shape index (κ1) is 13.3. The molecule has 3 rings (SSSR count). The second kappa shape index (κ2) is 5.35. The standard InChI is InChI=1S/C13H11BrN4OS/c1-7-2-3-8(14)6-10(7)19-11-9-4-5-20-12(9)17-13(16-11)18-15/h2-6H,15H2,1H3,(H,16,17,18). The van der Waals surface area contributed by atoms with Crippen LogP contribution in [-0.2, 0) is 0 Å². The Labute approximate surface area is 127 Å². The third-order valence-electron chi connectivity index (χ3n) is 2.78. The number of hydrogen-bond donors (Lipinski definition) is 2. The molecular formula is C13H11BrN4OS. The van der Waals surface area contributed by atoms with Gasteiger partial charge in [-0.05, 0) is 36.1 Å². The van der Waals surface area contributed by atoms with Crippen LogP contribution in [0.3, 0.4) is 0 Å². The van der Waals surface area contributed by atoms with Crippen molar-refractivity contribution in [1.29, 1.82) is 0 Å². The van der Waals surface area contributed by atoms with Gasteiger partial charge in [0, 0.05) is 4.47 Å². The van der Waals surface area contributed by atoms with Gasteiger partial charge in [-0.2, -0.15) is 4.98 Å². The van der Waals surface area contributed by atoms with Crippen molar-refractivity contribution in [2.75, 3.05) is 5.43 Å². The number of nitrogens with two attached hydrogens (primary N) is 1. The minimum atomic E-state index is 0.336. The fourth-order valence-corrected chi connectivity index (χ4v) is 2.85. The summed E-state index contributed by atoms with van der Waals surface area (Å²) >= 11 is 4.95. The molecule has 1 aromatic carbocycles. The molecule has 0 spiro atoms. The maximum absolute atomic E-state index is 5.93. The summed E-state index contributed by atoms with van der Waals surface area (Å²) in [6.45, 7) is 1.98. The quantitative estimate of drug-likeness (QED) is 0.554. The molecular weight excluding hydrogens is 340 g/mol. The zero-order valence-electron chi connectivity index (χ0n) is 10.6. The van der Waals surface area contributed by atoms with Crippen molar-refractivity contribution in [3.8, 4) is 11.6 Å². The molecule has 0 amide bonds. The Morgan fingerprint density at radius 3 is 2.95 bits per heavy atom. The van der Waals surface area contributed by atoms with Gasteiger partial charge in [0.1, 0.15) is 10.6 Å². The summed E-state index contributed by atoms with van der Waals surface area (Å²) in [6, 6.07) is 7.79. The van der Waals surface area contributed by atoms with Crippen molar-refractivity contribution in [1.82, 2.24) is 9.97 Å². The Bertz CT molecular complexity index is 774. The number of thiophene rings is 1. The number of ether oxygens (including phenoxy) is 1. The van der Waals surface area contributed by atoms with Gasteiger partial charge in [-0.3, -0.25) is 5.43 Å². The summed E-state index contributed by atoms with van der Waals surface area (Å²) in [5.74, 6) is 6.96. The molecule has 0 aliphatic carbocycles. The molecule has 7 heteroatoms. The Hall–Kier alpha value is -1.70. The van der Waals surface area contributed by atoms with Crippen LogP contribution in [-0.4, -0.2) is 9.97 Å². The molecule has 102 valence electrons.